The zero-order chi connectivity index (χ0) is 20.9. The largest absolute Gasteiger partial charge is 0.322 e. The van der Waals surface area contributed by atoms with Gasteiger partial charge in [-0.25, -0.2) is 4.79 Å². The first kappa shape index (κ1) is 19.2. The summed E-state index contributed by atoms with van der Waals surface area (Å²) in [6.07, 6.45) is 11.7. The van der Waals surface area contributed by atoms with Gasteiger partial charge in [-0.05, 0) is 93.2 Å². The van der Waals surface area contributed by atoms with E-state index in [2.05, 4.69) is 53.3 Å². The van der Waals surface area contributed by atoms with Crippen LogP contribution in [-0.2, 0) is 32.2 Å². The van der Waals surface area contributed by atoms with Crippen molar-refractivity contribution in [2.45, 2.75) is 70.9 Å². The number of nitrogens with one attached hydrogen (secondary N) is 1. The van der Waals surface area contributed by atoms with E-state index in [-0.39, 0.29) is 12.1 Å². The zero-order valence-corrected chi connectivity index (χ0v) is 18.9. The molecule has 1 aromatic carbocycles. The third-order valence-electron chi connectivity index (χ3n) is 7.38. The van der Waals surface area contributed by atoms with Gasteiger partial charge in [0.05, 0.1) is 12.6 Å². The van der Waals surface area contributed by atoms with Gasteiger partial charge in [0, 0.05) is 28.0 Å². The molecule has 1 N–H and O–H groups in total. The first-order valence-corrected chi connectivity index (χ1v) is 12.5. The second-order valence-electron chi connectivity index (χ2n) is 9.18. The van der Waals surface area contributed by atoms with Crippen molar-refractivity contribution in [1.29, 1.82) is 0 Å². The molecule has 3 aromatic rings. The van der Waals surface area contributed by atoms with E-state index < -0.39 is 0 Å². The molecule has 0 radical (unpaired) electrons. The highest BCUT2D eigenvalue weighted by molar-refractivity contribution is 7.15. The summed E-state index contributed by atoms with van der Waals surface area (Å²) in [6.45, 7) is 2.85. The fourth-order valence-electron chi connectivity index (χ4n) is 5.69. The number of aryl methyl sites for hydroxylation is 2. The maximum Gasteiger partial charge on any atom is 0.322 e. The fourth-order valence-corrected chi connectivity index (χ4v) is 7.10. The van der Waals surface area contributed by atoms with E-state index in [1.54, 1.807) is 0 Å². The van der Waals surface area contributed by atoms with E-state index >= 15 is 0 Å². The SMILES string of the molecule is C[C@H]1c2cccn2-c2sc3c(c2CN1C(=O)Nc1cccc2c1CCCC2)CCCC3. The van der Waals surface area contributed by atoms with Crippen LogP contribution in [0.4, 0.5) is 10.5 Å². The molecule has 0 unspecified atom stereocenters. The number of anilines is 1. The Hall–Kier alpha value is -2.53. The number of benzene rings is 1. The van der Waals surface area contributed by atoms with Gasteiger partial charge in [0.1, 0.15) is 5.00 Å². The maximum atomic E-state index is 13.7. The topological polar surface area (TPSA) is 37.3 Å². The lowest BCUT2D eigenvalue weighted by Crippen LogP contribution is -2.36. The van der Waals surface area contributed by atoms with Crippen molar-refractivity contribution >= 4 is 23.1 Å². The molecule has 0 saturated heterocycles. The van der Waals surface area contributed by atoms with Crippen molar-refractivity contribution in [1.82, 2.24) is 9.47 Å². The lowest BCUT2D eigenvalue weighted by Gasteiger charge is -2.29. The number of hydrogen-bond donors (Lipinski definition) is 1. The van der Waals surface area contributed by atoms with Gasteiger partial charge in [-0.3, -0.25) is 0 Å². The summed E-state index contributed by atoms with van der Waals surface area (Å²) >= 11 is 1.94. The Bertz CT molecular complexity index is 1160. The average molecular weight is 432 g/mol. The van der Waals surface area contributed by atoms with Crippen molar-refractivity contribution in [3.05, 3.63) is 69.4 Å². The number of thiophene rings is 1. The highest BCUT2D eigenvalue weighted by Crippen LogP contribution is 2.42. The lowest BCUT2D eigenvalue weighted by molar-refractivity contribution is 0.189. The lowest BCUT2D eigenvalue weighted by atomic mass is 9.90. The van der Waals surface area contributed by atoms with Crippen LogP contribution in [0.25, 0.3) is 5.00 Å². The van der Waals surface area contributed by atoms with Gasteiger partial charge in [-0.15, -0.1) is 11.3 Å². The molecule has 2 aliphatic carbocycles. The minimum absolute atomic E-state index is 0.0165. The predicted octanol–water partition coefficient (Wildman–Crippen LogP) is 6.41. The minimum Gasteiger partial charge on any atom is -0.312 e. The van der Waals surface area contributed by atoms with Crippen LogP contribution in [0.15, 0.2) is 36.5 Å². The number of fused-ring (bicyclic) bond motifs is 6. The molecule has 0 saturated carbocycles. The highest BCUT2D eigenvalue weighted by Gasteiger charge is 2.33. The molecule has 6 rings (SSSR count). The average Bonchev–Trinajstić information content (AvgIpc) is 3.39. The molecule has 3 heterocycles. The molecule has 0 spiro atoms. The summed E-state index contributed by atoms with van der Waals surface area (Å²) in [5.74, 6) is 0. The van der Waals surface area contributed by atoms with Crippen LogP contribution in [0.2, 0.25) is 0 Å². The first-order valence-electron chi connectivity index (χ1n) is 11.7. The number of urea groups is 1. The Labute approximate surface area is 187 Å². The number of amides is 2. The Kier molecular flexibility index (Phi) is 4.67. The molecule has 1 aliphatic heterocycles. The number of rotatable bonds is 1. The van der Waals surface area contributed by atoms with Crippen molar-refractivity contribution in [3.8, 4) is 5.00 Å². The third-order valence-corrected chi connectivity index (χ3v) is 8.71. The summed E-state index contributed by atoms with van der Waals surface area (Å²) in [6, 6.07) is 10.7. The van der Waals surface area contributed by atoms with Crippen molar-refractivity contribution in [2.75, 3.05) is 5.32 Å². The first-order chi connectivity index (χ1) is 15.2. The van der Waals surface area contributed by atoms with Crippen LogP contribution in [0, 0.1) is 0 Å². The third kappa shape index (κ3) is 3.13. The summed E-state index contributed by atoms with van der Waals surface area (Å²) < 4.78 is 2.33. The van der Waals surface area contributed by atoms with Crippen molar-refractivity contribution < 1.29 is 4.79 Å². The molecule has 0 bridgehead atoms. The molecule has 31 heavy (non-hydrogen) atoms. The van der Waals surface area contributed by atoms with Gasteiger partial charge >= 0.3 is 6.03 Å². The van der Waals surface area contributed by atoms with E-state index in [0.29, 0.717) is 6.54 Å². The summed E-state index contributed by atoms with van der Waals surface area (Å²) in [5.41, 5.74) is 7.81. The Morgan fingerprint density at radius 1 is 0.968 bits per heavy atom. The Morgan fingerprint density at radius 3 is 2.68 bits per heavy atom. The van der Waals surface area contributed by atoms with Crippen LogP contribution in [0.3, 0.4) is 0 Å². The van der Waals surface area contributed by atoms with Gasteiger partial charge in [0.15, 0.2) is 0 Å². The molecule has 160 valence electrons. The van der Waals surface area contributed by atoms with Gasteiger partial charge in [-0.2, -0.15) is 0 Å². The normalized spacial score (nSPS) is 19.6. The van der Waals surface area contributed by atoms with Gasteiger partial charge < -0.3 is 14.8 Å². The number of carbonyl (C=O) groups excluding carboxylic acids is 1. The minimum atomic E-state index is 0.0165. The molecule has 3 aliphatic rings. The summed E-state index contributed by atoms with van der Waals surface area (Å²) in [7, 11) is 0. The van der Waals surface area contributed by atoms with Crippen LogP contribution in [-0.4, -0.2) is 15.5 Å². The maximum absolute atomic E-state index is 13.7. The summed E-state index contributed by atoms with van der Waals surface area (Å²) in [4.78, 5) is 17.2. The summed E-state index contributed by atoms with van der Waals surface area (Å²) in [5, 5.41) is 4.63. The second-order valence-corrected chi connectivity index (χ2v) is 10.3. The quantitative estimate of drug-likeness (QED) is 0.475. The number of aromatic nitrogens is 1. The molecule has 4 nitrogen and oxygen atoms in total. The molecule has 5 heteroatoms. The zero-order valence-electron chi connectivity index (χ0n) is 18.1. The number of carbonyl (C=O) groups is 1. The smallest absolute Gasteiger partial charge is 0.312 e. The van der Waals surface area contributed by atoms with Crippen LogP contribution in [0.5, 0.6) is 0 Å². The van der Waals surface area contributed by atoms with Crippen molar-refractivity contribution in [3.63, 3.8) is 0 Å². The van der Waals surface area contributed by atoms with Gasteiger partial charge in [0.25, 0.3) is 0 Å². The molecule has 0 fully saturated rings. The molecular formula is C26H29N3OS. The highest BCUT2D eigenvalue weighted by atomic mass is 32.1. The fraction of sp³-hybridized carbons (Fsp3) is 0.423. The van der Waals surface area contributed by atoms with E-state index in [0.717, 1.165) is 24.9 Å². The number of nitrogens with zero attached hydrogens (tertiary/aromatic N) is 2. The van der Waals surface area contributed by atoms with E-state index in [1.807, 2.05) is 16.2 Å². The van der Waals surface area contributed by atoms with Crippen LogP contribution in [0.1, 0.15) is 71.5 Å². The van der Waals surface area contributed by atoms with E-state index in [9.17, 15) is 4.79 Å². The molecule has 2 amide bonds. The van der Waals surface area contributed by atoms with Crippen LogP contribution >= 0.6 is 11.3 Å². The second kappa shape index (κ2) is 7.56. The Balaban J connectivity index is 1.38. The standard InChI is InChI=1S/C26H29N3OS/c1-17-23-13-7-15-28(23)25-21(20-11-4-5-14-24(20)31-25)16-29(17)26(30)27-22-12-6-9-18-8-2-3-10-19(18)22/h6-7,9,12-13,15,17H,2-5,8,10-11,14,16H2,1H3,(H,27,30)/t17-/m0/s1. The molecule has 2 aromatic heterocycles. The monoisotopic (exact) mass is 431 g/mol. The van der Waals surface area contributed by atoms with Crippen LogP contribution < -0.4 is 5.32 Å². The Morgan fingerprint density at radius 2 is 1.77 bits per heavy atom. The van der Waals surface area contributed by atoms with Gasteiger partial charge in [0.2, 0.25) is 0 Å². The molecular weight excluding hydrogens is 402 g/mol. The van der Waals surface area contributed by atoms with Crippen molar-refractivity contribution in [2.24, 2.45) is 0 Å². The van der Waals surface area contributed by atoms with Gasteiger partial charge in [-0.1, -0.05) is 12.1 Å². The van der Waals surface area contributed by atoms with E-state index in [1.165, 1.54) is 69.9 Å². The predicted molar refractivity (Wildman–Crippen MR) is 126 cm³/mol. The van der Waals surface area contributed by atoms with E-state index in [4.69, 9.17) is 0 Å². The number of hydrogen-bond acceptors (Lipinski definition) is 2. The molecule has 1 atom stereocenters.